The standard InChI is InChI=1S/C26H21N3O/c1-18-6-5-15-29-17-24(28-26(18)29)20-11-13-22(14-12-20)27-25(30)16-21-9-4-8-19-7-2-3-10-23(19)21/h2-15,17H,16H2,1H3,(H,27,30). The number of aromatic nitrogens is 2. The molecule has 1 amide bonds. The van der Waals surface area contributed by atoms with Crippen molar-refractivity contribution >= 4 is 28.0 Å². The molecule has 0 bridgehead atoms. The first-order valence-corrected chi connectivity index (χ1v) is 9.99. The monoisotopic (exact) mass is 391 g/mol. The molecule has 2 aromatic heterocycles. The second-order valence-electron chi connectivity index (χ2n) is 7.49. The van der Waals surface area contributed by atoms with E-state index in [2.05, 4.69) is 36.5 Å². The van der Waals surface area contributed by atoms with E-state index < -0.39 is 0 Å². The topological polar surface area (TPSA) is 46.4 Å². The number of fused-ring (bicyclic) bond motifs is 2. The number of nitrogens with one attached hydrogen (secondary N) is 1. The van der Waals surface area contributed by atoms with Gasteiger partial charge in [0.1, 0.15) is 5.65 Å². The predicted molar refractivity (Wildman–Crippen MR) is 122 cm³/mol. The van der Waals surface area contributed by atoms with E-state index in [1.54, 1.807) is 0 Å². The lowest BCUT2D eigenvalue weighted by Crippen LogP contribution is -2.14. The number of aryl methyl sites for hydroxylation is 1. The molecular weight excluding hydrogens is 370 g/mol. The van der Waals surface area contributed by atoms with Gasteiger partial charge in [0.05, 0.1) is 12.1 Å². The lowest BCUT2D eigenvalue weighted by Gasteiger charge is -2.08. The Labute approximate surface area is 174 Å². The number of amides is 1. The van der Waals surface area contributed by atoms with Crippen molar-refractivity contribution in [2.75, 3.05) is 5.32 Å². The van der Waals surface area contributed by atoms with Gasteiger partial charge in [-0.1, -0.05) is 60.7 Å². The lowest BCUT2D eigenvalue weighted by atomic mass is 10.0. The van der Waals surface area contributed by atoms with E-state index in [0.29, 0.717) is 6.42 Å². The van der Waals surface area contributed by atoms with Gasteiger partial charge in [0.25, 0.3) is 0 Å². The third kappa shape index (κ3) is 3.44. The molecule has 5 aromatic rings. The molecule has 5 rings (SSSR count). The van der Waals surface area contributed by atoms with Gasteiger partial charge in [-0.15, -0.1) is 0 Å². The molecule has 0 aliphatic heterocycles. The van der Waals surface area contributed by atoms with Gasteiger partial charge < -0.3 is 9.72 Å². The highest BCUT2D eigenvalue weighted by Crippen LogP contribution is 2.23. The summed E-state index contributed by atoms with van der Waals surface area (Å²) in [5, 5.41) is 5.27. The highest BCUT2D eigenvalue weighted by molar-refractivity contribution is 5.96. The van der Waals surface area contributed by atoms with Crippen LogP contribution in [0.1, 0.15) is 11.1 Å². The van der Waals surface area contributed by atoms with E-state index in [-0.39, 0.29) is 5.91 Å². The van der Waals surface area contributed by atoms with Crippen molar-refractivity contribution in [2.24, 2.45) is 0 Å². The Kier molecular flexibility index (Phi) is 4.52. The molecule has 0 atom stereocenters. The fraction of sp³-hybridized carbons (Fsp3) is 0.0769. The van der Waals surface area contributed by atoms with Crippen LogP contribution in [-0.2, 0) is 11.2 Å². The first kappa shape index (κ1) is 18.1. The Morgan fingerprint density at radius 3 is 2.57 bits per heavy atom. The summed E-state index contributed by atoms with van der Waals surface area (Å²) in [5.41, 5.74) is 5.84. The summed E-state index contributed by atoms with van der Waals surface area (Å²) < 4.78 is 2.03. The molecule has 0 fully saturated rings. The summed E-state index contributed by atoms with van der Waals surface area (Å²) in [4.78, 5) is 17.3. The number of benzene rings is 3. The number of carbonyl (C=O) groups excluding carboxylic acids is 1. The number of carbonyl (C=O) groups is 1. The van der Waals surface area contributed by atoms with E-state index in [0.717, 1.165) is 44.5 Å². The molecule has 0 spiro atoms. The van der Waals surface area contributed by atoms with Crippen LogP contribution < -0.4 is 5.32 Å². The number of rotatable bonds is 4. The van der Waals surface area contributed by atoms with Crippen LogP contribution in [0.25, 0.3) is 27.7 Å². The van der Waals surface area contributed by atoms with E-state index in [4.69, 9.17) is 4.98 Å². The SMILES string of the molecule is Cc1cccn2cc(-c3ccc(NC(=O)Cc4cccc5ccccc45)cc3)nc12. The minimum atomic E-state index is -0.0255. The normalized spacial score (nSPS) is 11.1. The van der Waals surface area contributed by atoms with Gasteiger partial charge in [-0.3, -0.25) is 4.79 Å². The Bertz CT molecular complexity index is 1360. The average molecular weight is 391 g/mol. The Hall–Kier alpha value is -3.92. The van der Waals surface area contributed by atoms with Crippen molar-refractivity contribution in [1.29, 1.82) is 0 Å². The minimum absolute atomic E-state index is 0.0255. The zero-order chi connectivity index (χ0) is 20.5. The van der Waals surface area contributed by atoms with E-state index in [9.17, 15) is 4.79 Å². The van der Waals surface area contributed by atoms with Crippen molar-refractivity contribution in [3.05, 3.63) is 102 Å². The molecule has 0 aliphatic rings. The van der Waals surface area contributed by atoms with Gasteiger partial charge in [-0.05, 0) is 47.0 Å². The number of anilines is 1. The maximum atomic E-state index is 12.6. The summed E-state index contributed by atoms with van der Waals surface area (Å²) >= 11 is 0. The van der Waals surface area contributed by atoms with E-state index in [1.165, 1.54) is 0 Å². The van der Waals surface area contributed by atoms with E-state index in [1.807, 2.05) is 71.4 Å². The van der Waals surface area contributed by atoms with Gasteiger partial charge in [-0.25, -0.2) is 4.98 Å². The quantitative estimate of drug-likeness (QED) is 0.431. The van der Waals surface area contributed by atoms with Crippen LogP contribution in [-0.4, -0.2) is 15.3 Å². The molecular formula is C26H21N3O. The first-order valence-electron chi connectivity index (χ1n) is 9.99. The van der Waals surface area contributed by atoms with Crippen LogP contribution in [0.15, 0.2) is 91.3 Å². The van der Waals surface area contributed by atoms with Crippen molar-refractivity contribution in [3.63, 3.8) is 0 Å². The zero-order valence-electron chi connectivity index (χ0n) is 16.7. The number of hydrogen-bond donors (Lipinski definition) is 1. The summed E-state index contributed by atoms with van der Waals surface area (Å²) in [6.45, 7) is 2.06. The van der Waals surface area contributed by atoms with E-state index >= 15 is 0 Å². The molecule has 0 saturated heterocycles. The maximum Gasteiger partial charge on any atom is 0.228 e. The van der Waals surface area contributed by atoms with Crippen molar-refractivity contribution < 1.29 is 4.79 Å². The molecule has 2 heterocycles. The largest absolute Gasteiger partial charge is 0.326 e. The highest BCUT2D eigenvalue weighted by atomic mass is 16.1. The van der Waals surface area contributed by atoms with Gasteiger partial charge in [0.15, 0.2) is 0 Å². The summed E-state index contributed by atoms with van der Waals surface area (Å²) in [6.07, 6.45) is 4.37. The van der Waals surface area contributed by atoms with Crippen molar-refractivity contribution in [3.8, 4) is 11.3 Å². The van der Waals surface area contributed by atoms with Crippen molar-refractivity contribution in [2.45, 2.75) is 13.3 Å². The third-order valence-corrected chi connectivity index (χ3v) is 5.37. The minimum Gasteiger partial charge on any atom is -0.326 e. The molecule has 0 unspecified atom stereocenters. The maximum absolute atomic E-state index is 12.6. The first-order chi connectivity index (χ1) is 14.7. The number of nitrogens with zero attached hydrogens (tertiary/aromatic N) is 2. The second kappa shape index (κ2) is 7.48. The van der Waals surface area contributed by atoms with Crippen LogP contribution in [0.2, 0.25) is 0 Å². The Balaban J connectivity index is 1.33. The molecule has 146 valence electrons. The van der Waals surface area contributed by atoms with Gasteiger partial charge >= 0.3 is 0 Å². The molecule has 30 heavy (non-hydrogen) atoms. The molecule has 4 heteroatoms. The van der Waals surface area contributed by atoms with Crippen LogP contribution in [0.5, 0.6) is 0 Å². The fourth-order valence-corrected chi connectivity index (χ4v) is 3.84. The fourth-order valence-electron chi connectivity index (χ4n) is 3.84. The summed E-state index contributed by atoms with van der Waals surface area (Å²) in [6, 6.07) is 26.1. The average Bonchev–Trinajstić information content (AvgIpc) is 3.20. The Morgan fingerprint density at radius 2 is 1.73 bits per heavy atom. The van der Waals surface area contributed by atoms with Crippen LogP contribution >= 0.6 is 0 Å². The van der Waals surface area contributed by atoms with Gasteiger partial charge in [-0.2, -0.15) is 0 Å². The number of pyridine rings is 1. The summed E-state index contributed by atoms with van der Waals surface area (Å²) in [5.74, 6) is -0.0255. The van der Waals surface area contributed by atoms with Gasteiger partial charge in [0, 0.05) is 23.6 Å². The molecule has 0 aliphatic carbocycles. The van der Waals surface area contributed by atoms with Crippen LogP contribution in [0.4, 0.5) is 5.69 Å². The predicted octanol–water partition coefficient (Wildman–Crippen LogP) is 5.64. The zero-order valence-corrected chi connectivity index (χ0v) is 16.7. The van der Waals surface area contributed by atoms with Gasteiger partial charge in [0.2, 0.25) is 5.91 Å². The van der Waals surface area contributed by atoms with Crippen LogP contribution in [0, 0.1) is 6.92 Å². The van der Waals surface area contributed by atoms with Crippen LogP contribution in [0.3, 0.4) is 0 Å². The lowest BCUT2D eigenvalue weighted by molar-refractivity contribution is -0.115. The molecule has 1 N–H and O–H groups in total. The molecule has 3 aromatic carbocycles. The number of imidazole rings is 1. The third-order valence-electron chi connectivity index (χ3n) is 5.37. The number of hydrogen-bond acceptors (Lipinski definition) is 2. The summed E-state index contributed by atoms with van der Waals surface area (Å²) in [7, 11) is 0. The Morgan fingerprint density at radius 1 is 0.933 bits per heavy atom. The highest BCUT2D eigenvalue weighted by Gasteiger charge is 2.09. The second-order valence-corrected chi connectivity index (χ2v) is 7.49. The molecule has 0 radical (unpaired) electrons. The smallest absolute Gasteiger partial charge is 0.228 e. The molecule has 4 nitrogen and oxygen atoms in total. The van der Waals surface area contributed by atoms with Crippen molar-refractivity contribution in [1.82, 2.24) is 9.38 Å². The molecule has 0 saturated carbocycles.